The van der Waals surface area contributed by atoms with Crippen molar-refractivity contribution in [3.05, 3.63) is 95.4 Å². The molecule has 1 atom stereocenters. The van der Waals surface area contributed by atoms with E-state index in [2.05, 4.69) is 31.1 Å². The van der Waals surface area contributed by atoms with Crippen molar-refractivity contribution in [2.45, 2.75) is 19.1 Å². The van der Waals surface area contributed by atoms with Crippen LogP contribution < -0.4 is 16.0 Å². The number of amides is 2. The maximum absolute atomic E-state index is 13.0. The molecule has 0 saturated heterocycles. The molecule has 2 amide bonds. The van der Waals surface area contributed by atoms with Gasteiger partial charge in [0.25, 0.3) is 5.91 Å². The smallest absolute Gasteiger partial charge is 0.252 e. The number of aromatic nitrogens is 4. The van der Waals surface area contributed by atoms with Crippen LogP contribution in [0.15, 0.2) is 72.9 Å². The Morgan fingerprint density at radius 3 is 2.79 bits per heavy atom. The molecule has 2 aromatic carbocycles. The fourth-order valence-electron chi connectivity index (χ4n) is 3.95. The Hall–Kier alpha value is -4.53. The number of nitrogens with one attached hydrogen (secondary N) is 3. The van der Waals surface area contributed by atoms with Crippen LogP contribution in [0.25, 0.3) is 11.5 Å². The fourth-order valence-corrected chi connectivity index (χ4v) is 3.95. The van der Waals surface area contributed by atoms with Gasteiger partial charge < -0.3 is 20.5 Å². The lowest BCUT2D eigenvalue weighted by Crippen LogP contribution is -2.43. The Kier molecular flexibility index (Phi) is 5.73. The van der Waals surface area contributed by atoms with Crippen molar-refractivity contribution in [1.29, 1.82) is 0 Å². The summed E-state index contributed by atoms with van der Waals surface area (Å²) in [5.41, 5.74) is 3.77. The molecule has 4 aromatic rings. The highest BCUT2D eigenvalue weighted by atomic mass is 16.2. The van der Waals surface area contributed by atoms with Gasteiger partial charge >= 0.3 is 0 Å². The predicted octanol–water partition coefficient (Wildman–Crippen LogP) is 2.59. The van der Waals surface area contributed by atoms with E-state index < -0.39 is 6.04 Å². The molecule has 1 unspecified atom stereocenters. The Balaban J connectivity index is 1.28. The number of nitrogens with zero attached hydrogens (tertiary/aromatic N) is 4. The number of hydrogen-bond donors (Lipinski definition) is 3. The summed E-state index contributed by atoms with van der Waals surface area (Å²) in [5.74, 6) is 0.867. The van der Waals surface area contributed by atoms with Crippen LogP contribution in [0.4, 0.5) is 5.69 Å². The first-order chi connectivity index (χ1) is 16.6. The Bertz CT molecular complexity index is 1350. The van der Waals surface area contributed by atoms with Crippen molar-refractivity contribution in [2.24, 2.45) is 7.05 Å². The van der Waals surface area contributed by atoms with Gasteiger partial charge in [-0.25, -0.2) is 0 Å². The summed E-state index contributed by atoms with van der Waals surface area (Å²) in [5, 5.41) is 17.5. The first-order valence-electron chi connectivity index (χ1n) is 10.9. The van der Waals surface area contributed by atoms with Crippen LogP contribution in [0, 0.1) is 0 Å². The third-order valence-electron chi connectivity index (χ3n) is 5.79. The molecule has 1 aliphatic rings. The standard InChI is InChI=1S/C25H23N7O2/c1-32-21(30-31-23(32)20-11-4-5-12-26-20)15-27-18-9-6-8-16(13-18)24(33)29-22-19-10-3-2-7-17(19)14-28-25(22)34/h2-13,22,27H,14-15H2,1H3,(H,28,34)(H,29,33). The van der Waals surface area contributed by atoms with Gasteiger partial charge in [0.2, 0.25) is 5.91 Å². The molecular weight excluding hydrogens is 430 g/mol. The molecule has 0 saturated carbocycles. The lowest BCUT2D eigenvalue weighted by atomic mass is 9.96. The molecule has 170 valence electrons. The first-order valence-corrected chi connectivity index (χ1v) is 10.9. The molecule has 0 fully saturated rings. The highest BCUT2D eigenvalue weighted by Crippen LogP contribution is 2.23. The van der Waals surface area contributed by atoms with Gasteiger partial charge in [-0.3, -0.25) is 14.6 Å². The van der Waals surface area contributed by atoms with Crippen molar-refractivity contribution in [3.8, 4) is 11.5 Å². The topological polar surface area (TPSA) is 114 Å². The summed E-state index contributed by atoms with van der Waals surface area (Å²) < 4.78 is 1.88. The number of fused-ring (bicyclic) bond motifs is 1. The van der Waals surface area contributed by atoms with Gasteiger partial charge in [-0.05, 0) is 41.5 Å². The Morgan fingerprint density at radius 2 is 1.94 bits per heavy atom. The summed E-state index contributed by atoms with van der Waals surface area (Å²) in [6.07, 6.45) is 1.72. The minimum absolute atomic E-state index is 0.215. The molecule has 1 aliphatic heterocycles. The SMILES string of the molecule is Cn1c(CNc2cccc(C(=O)NC3C(=O)NCc4ccccc43)c2)nnc1-c1ccccn1. The molecule has 0 radical (unpaired) electrons. The molecule has 0 aliphatic carbocycles. The van der Waals surface area contributed by atoms with Crippen LogP contribution >= 0.6 is 0 Å². The number of carbonyl (C=O) groups is 2. The predicted molar refractivity (Wildman–Crippen MR) is 126 cm³/mol. The molecule has 3 heterocycles. The molecule has 5 rings (SSSR count). The average Bonchev–Trinajstić information content (AvgIpc) is 3.25. The Morgan fingerprint density at radius 1 is 1.09 bits per heavy atom. The van der Waals surface area contributed by atoms with Crippen LogP contribution in [-0.2, 0) is 24.9 Å². The van der Waals surface area contributed by atoms with E-state index in [0.29, 0.717) is 24.5 Å². The zero-order valence-electron chi connectivity index (χ0n) is 18.5. The summed E-state index contributed by atoms with van der Waals surface area (Å²) >= 11 is 0. The Labute approximate surface area is 196 Å². The van der Waals surface area contributed by atoms with Gasteiger partial charge in [0, 0.05) is 31.0 Å². The van der Waals surface area contributed by atoms with Gasteiger partial charge in [0.15, 0.2) is 11.6 Å². The van der Waals surface area contributed by atoms with Gasteiger partial charge in [-0.2, -0.15) is 0 Å². The van der Waals surface area contributed by atoms with Crippen molar-refractivity contribution in [2.75, 3.05) is 5.32 Å². The third-order valence-corrected chi connectivity index (χ3v) is 5.79. The van der Waals surface area contributed by atoms with Gasteiger partial charge in [-0.1, -0.05) is 36.4 Å². The van der Waals surface area contributed by atoms with Gasteiger partial charge in [-0.15, -0.1) is 10.2 Å². The maximum atomic E-state index is 13.0. The number of pyridine rings is 1. The molecule has 9 heteroatoms. The molecule has 0 bridgehead atoms. The number of carbonyl (C=O) groups excluding carboxylic acids is 2. The molecular formula is C25H23N7O2. The fraction of sp³-hybridized carbons (Fsp3) is 0.160. The van der Waals surface area contributed by atoms with E-state index in [4.69, 9.17) is 0 Å². The normalized spacial score (nSPS) is 14.7. The molecule has 3 N–H and O–H groups in total. The number of rotatable bonds is 6. The number of hydrogen-bond acceptors (Lipinski definition) is 6. The van der Waals surface area contributed by atoms with Crippen LogP contribution in [0.2, 0.25) is 0 Å². The zero-order valence-corrected chi connectivity index (χ0v) is 18.5. The van der Waals surface area contributed by atoms with Gasteiger partial charge in [0.05, 0.1) is 6.54 Å². The van der Waals surface area contributed by atoms with E-state index in [1.165, 1.54) is 0 Å². The molecule has 0 spiro atoms. The second kappa shape index (κ2) is 9.14. The van der Waals surface area contributed by atoms with E-state index in [1.807, 2.05) is 60.1 Å². The zero-order chi connectivity index (χ0) is 23.5. The summed E-state index contributed by atoms with van der Waals surface area (Å²) in [6.45, 7) is 0.880. The van der Waals surface area contributed by atoms with E-state index in [9.17, 15) is 9.59 Å². The summed E-state index contributed by atoms with van der Waals surface area (Å²) in [7, 11) is 1.89. The van der Waals surface area contributed by atoms with E-state index in [0.717, 1.165) is 28.3 Å². The van der Waals surface area contributed by atoms with E-state index in [1.54, 1.807) is 24.4 Å². The largest absolute Gasteiger partial charge is 0.378 e. The highest BCUT2D eigenvalue weighted by molar-refractivity contribution is 5.99. The minimum atomic E-state index is -0.724. The van der Waals surface area contributed by atoms with E-state index >= 15 is 0 Å². The second-order valence-electron chi connectivity index (χ2n) is 7.97. The lowest BCUT2D eigenvalue weighted by molar-refractivity contribution is -0.123. The van der Waals surface area contributed by atoms with Crippen molar-refractivity contribution in [3.63, 3.8) is 0 Å². The highest BCUT2D eigenvalue weighted by Gasteiger charge is 2.28. The van der Waals surface area contributed by atoms with Crippen LogP contribution in [0.5, 0.6) is 0 Å². The lowest BCUT2D eigenvalue weighted by Gasteiger charge is -2.26. The van der Waals surface area contributed by atoms with Crippen LogP contribution in [0.3, 0.4) is 0 Å². The van der Waals surface area contributed by atoms with Crippen molar-refractivity contribution in [1.82, 2.24) is 30.4 Å². The molecule has 9 nitrogen and oxygen atoms in total. The monoisotopic (exact) mass is 453 g/mol. The summed E-state index contributed by atoms with van der Waals surface area (Å²) in [4.78, 5) is 29.7. The number of anilines is 1. The average molecular weight is 454 g/mol. The second-order valence-corrected chi connectivity index (χ2v) is 7.97. The third kappa shape index (κ3) is 4.23. The summed E-state index contributed by atoms with van der Waals surface area (Å²) in [6, 6.07) is 19.7. The van der Waals surface area contributed by atoms with Crippen LogP contribution in [-0.4, -0.2) is 31.6 Å². The minimum Gasteiger partial charge on any atom is -0.378 e. The van der Waals surface area contributed by atoms with Crippen molar-refractivity contribution >= 4 is 17.5 Å². The van der Waals surface area contributed by atoms with Crippen molar-refractivity contribution < 1.29 is 9.59 Å². The maximum Gasteiger partial charge on any atom is 0.252 e. The van der Waals surface area contributed by atoms with E-state index in [-0.39, 0.29) is 11.8 Å². The molecule has 34 heavy (non-hydrogen) atoms. The quantitative estimate of drug-likeness (QED) is 0.414. The van der Waals surface area contributed by atoms with Gasteiger partial charge in [0.1, 0.15) is 11.7 Å². The molecule has 2 aromatic heterocycles. The number of benzene rings is 2. The first kappa shape index (κ1) is 21.3. The van der Waals surface area contributed by atoms with Crippen LogP contribution in [0.1, 0.15) is 33.4 Å².